The van der Waals surface area contributed by atoms with Crippen LogP contribution in [0.3, 0.4) is 0 Å². The van der Waals surface area contributed by atoms with Crippen LogP contribution >= 0.6 is 0 Å². The Kier molecular flexibility index (Phi) is 9.13. The van der Waals surface area contributed by atoms with Crippen LogP contribution in [0, 0.1) is 13.8 Å². The number of methoxy groups -OCH3 is 1. The zero-order valence-electron chi connectivity index (χ0n) is 19.9. The second kappa shape index (κ2) is 11.6. The summed E-state index contributed by atoms with van der Waals surface area (Å²) in [7, 11) is 1.61. The normalized spacial score (nSPS) is 11.5. The number of ether oxygens (including phenoxy) is 2. The number of rotatable bonds is 10. The number of nitrogens with one attached hydrogen (secondary N) is 1. The number of benzene rings is 2. The lowest BCUT2D eigenvalue weighted by atomic mass is 10.1. The zero-order chi connectivity index (χ0) is 23.0. The summed E-state index contributed by atoms with van der Waals surface area (Å²) in [5.74, 6) is 1.07. The Balaban J connectivity index is 2.02. The third-order valence-corrected chi connectivity index (χ3v) is 5.32. The lowest BCUT2D eigenvalue weighted by Crippen LogP contribution is -2.39. The highest BCUT2D eigenvalue weighted by molar-refractivity contribution is 6.02. The van der Waals surface area contributed by atoms with E-state index in [4.69, 9.17) is 9.47 Å². The fourth-order valence-corrected chi connectivity index (χ4v) is 3.47. The molecule has 0 fully saturated rings. The molecule has 1 amide bonds. The molecule has 2 aromatic rings. The molecule has 0 aromatic heterocycles. The van der Waals surface area contributed by atoms with Gasteiger partial charge in [-0.3, -0.25) is 9.69 Å². The Bertz CT molecular complexity index is 896. The van der Waals surface area contributed by atoms with E-state index in [9.17, 15) is 4.79 Å². The minimum atomic E-state index is -0.194. The smallest absolute Gasteiger partial charge is 0.248 e. The maximum atomic E-state index is 12.4. The highest BCUT2D eigenvalue weighted by Gasteiger charge is 2.14. The van der Waals surface area contributed by atoms with E-state index in [0.717, 1.165) is 12.1 Å². The Labute approximate surface area is 187 Å². The Morgan fingerprint density at radius 3 is 2.32 bits per heavy atom. The van der Waals surface area contributed by atoms with E-state index in [-0.39, 0.29) is 5.91 Å². The number of carbonyl (C=O) groups excluding carboxylic acids is 1. The lowest BCUT2D eigenvalue weighted by Gasteiger charge is -2.30. The Hall–Kier alpha value is -2.79. The standard InChI is InChI=1S/C26H36N2O3/c1-18(2)28(19(3)4)14-15-31-25-17-23(11-12-24(25)30-7)27-26(29)13-10-22-9-8-20(5)21(6)16-22/h8-13,16-19H,14-15H2,1-7H3,(H,27,29). The topological polar surface area (TPSA) is 50.8 Å². The van der Waals surface area contributed by atoms with E-state index in [0.29, 0.717) is 35.9 Å². The van der Waals surface area contributed by atoms with Gasteiger partial charge in [-0.25, -0.2) is 0 Å². The first kappa shape index (κ1) is 24.5. The molecular formula is C26H36N2O3. The minimum absolute atomic E-state index is 0.194. The maximum absolute atomic E-state index is 12.4. The van der Waals surface area contributed by atoms with E-state index in [1.54, 1.807) is 19.2 Å². The van der Waals surface area contributed by atoms with Crippen LogP contribution in [0.1, 0.15) is 44.4 Å². The molecule has 1 N–H and O–H groups in total. The molecule has 2 aromatic carbocycles. The molecule has 0 unspecified atom stereocenters. The molecule has 2 rings (SSSR count). The molecule has 5 heteroatoms. The van der Waals surface area contributed by atoms with Crippen LogP contribution in [0.2, 0.25) is 0 Å². The zero-order valence-corrected chi connectivity index (χ0v) is 19.9. The number of carbonyl (C=O) groups is 1. The van der Waals surface area contributed by atoms with Gasteiger partial charge >= 0.3 is 0 Å². The van der Waals surface area contributed by atoms with E-state index in [2.05, 4.69) is 63.9 Å². The number of hydrogen-bond acceptors (Lipinski definition) is 4. The van der Waals surface area contributed by atoms with Crippen molar-refractivity contribution in [2.45, 2.75) is 53.6 Å². The molecule has 0 saturated carbocycles. The fourth-order valence-electron chi connectivity index (χ4n) is 3.47. The van der Waals surface area contributed by atoms with Gasteiger partial charge in [-0.1, -0.05) is 18.2 Å². The summed E-state index contributed by atoms with van der Waals surface area (Å²) in [5, 5.41) is 2.89. The van der Waals surface area contributed by atoms with Crippen molar-refractivity contribution >= 4 is 17.7 Å². The van der Waals surface area contributed by atoms with Crippen LogP contribution < -0.4 is 14.8 Å². The molecule has 0 atom stereocenters. The molecule has 0 radical (unpaired) electrons. The maximum Gasteiger partial charge on any atom is 0.248 e. The number of hydrogen-bond donors (Lipinski definition) is 1. The van der Waals surface area contributed by atoms with E-state index in [1.165, 1.54) is 17.2 Å². The van der Waals surface area contributed by atoms with Crippen LogP contribution in [-0.2, 0) is 4.79 Å². The van der Waals surface area contributed by atoms with Gasteiger partial charge in [-0.2, -0.15) is 0 Å². The summed E-state index contributed by atoms with van der Waals surface area (Å²) in [6.07, 6.45) is 3.35. The predicted molar refractivity (Wildman–Crippen MR) is 129 cm³/mol. The van der Waals surface area contributed by atoms with Crippen LogP contribution in [-0.4, -0.2) is 43.2 Å². The molecular weight excluding hydrogens is 388 g/mol. The van der Waals surface area contributed by atoms with Gasteiger partial charge in [0.1, 0.15) is 6.61 Å². The van der Waals surface area contributed by atoms with Gasteiger partial charge in [0.25, 0.3) is 0 Å². The van der Waals surface area contributed by atoms with Crippen molar-refractivity contribution in [3.8, 4) is 11.5 Å². The number of aryl methyl sites for hydroxylation is 2. The summed E-state index contributed by atoms with van der Waals surface area (Å²) in [6.45, 7) is 14.2. The molecule has 0 aliphatic carbocycles. The van der Waals surface area contributed by atoms with Gasteiger partial charge in [-0.15, -0.1) is 0 Å². The molecule has 0 heterocycles. The summed E-state index contributed by atoms with van der Waals surface area (Å²) < 4.78 is 11.4. The molecule has 0 bridgehead atoms. The summed E-state index contributed by atoms with van der Waals surface area (Å²) in [5.41, 5.74) is 4.09. The molecule has 0 aliphatic rings. The van der Waals surface area contributed by atoms with Gasteiger partial charge in [0.2, 0.25) is 5.91 Å². The van der Waals surface area contributed by atoms with Crippen LogP contribution in [0.5, 0.6) is 11.5 Å². The van der Waals surface area contributed by atoms with E-state index < -0.39 is 0 Å². The summed E-state index contributed by atoms with van der Waals surface area (Å²) in [6, 6.07) is 12.4. The second-order valence-electron chi connectivity index (χ2n) is 8.31. The van der Waals surface area contributed by atoms with Gasteiger partial charge in [-0.05, 0) is 76.4 Å². The monoisotopic (exact) mass is 424 g/mol. The minimum Gasteiger partial charge on any atom is -0.493 e. The average molecular weight is 425 g/mol. The van der Waals surface area contributed by atoms with Crippen molar-refractivity contribution in [1.82, 2.24) is 4.90 Å². The van der Waals surface area contributed by atoms with Crippen LogP contribution in [0.15, 0.2) is 42.5 Å². The first-order chi connectivity index (χ1) is 14.7. The number of nitrogens with zero attached hydrogens (tertiary/aromatic N) is 1. The van der Waals surface area contributed by atoms with Crippen LogP contribution in [0.4, 0.5) is 5.69 Å². The van der Waals surface area contributed by atoms with Crippen molar-refractivity contribution in [2.24, 2.45) is 0 Å². The number of amides is 1. The lowest BCUT2D eigenvalue weighted by molar-refractivity contribution is -0.111. The first-order valence-corrected chi connectivity index (χ1v) is 10.8. The molecule has 0 aliphatic heterocycles. The first-order valence-electron chi connectivity index (χ1n) is 10.8. The number of anilines is 1. The SMILES string of the molecule is COc1ccc(NC(=O)C=Cc2ccc(C)c(C)c2)cc1OCCN(C(C)C)C(C)C. The molecule has 5 nitrogen and oxygen atoms in total. The highest BCUT2D eigenvalue weighted by atomic mass is 16.5. The van der Waals surface area contributed by atoms with Crippen molar-refractivity contribution in [2.75, 3.05) is 25.6 Å². The molecule has 0 spiro atoms. The molecule has 168 valence electrons. The second-order valence-corrected chi connectivity index (χ2v) is 8.31. The highest BCUT2D eigenvalue weighted by Crippen LogP contribution is 2.30. The molecule has 0 saturated heterocycles. The van der Waals surface area contributed by atoms with Gasteiger partial charge < -0.3 is 14.8 Å². The van der Waals surface area contributed by atoms with Gasteiger partial charge in [0, 0.05) is 36.5 Å². The predicted octanol–water partition coefficient (Wildman–Crippen LogP) is 5.46. The average Bonchev–Trinajstić information content (AvgIpc) is 2.71. The van der Waals surface area contributed by atoms with Crippen molar-refractivity contribution in [1.29, 1.82) is 0 Å². The van der Waals surface area contributed by atoms with Crippen molar-refractivity contribution < 1.29 is 14.3 Å². The quantitative estimate of drug-likeness (QED) is 0.515. The third-order valence-electron chi connectivity index (χ3n) is 5.32. The van der Waals surface area contributed by atoms with E-state index >= 15 is 0 Å². The Morgan fingerprint density at radius 1 is 1.00 bits per heavy atom. The third kappa shape index (κ3) is 7.44. The van der Waals surface area contributed by atoms with Gasteiger partial charge in [0.05, 0.1) is 7.11 Å². The Morgan fingerprint density at radius 2 is 1.71 bits per heavy atom. The molecule has 31 heavy (non-hydrogen) atoms. The van der Waals surface area contributed by atoms with E-state index in [1.807, 2.05) is 18.2 Å². The summed E-state index contributed by atoms with van der Waals surface area (Å²) in [4.78, 5) is 14.8. The van der Waals surface area contributed by atoms with Crippen molar-refractivity contribution in [3.63, 3.8) is 0 Å². The van der Waals surface area contributed by atoms with Crippen LogP contribution in [0.25, 0.3) is 6.08 Å². The van der Waals surface area contributed by atoms with Gasteiger partial charge in [0.15, 0.2) is 11.5 Å². The fraction of sp³-hybridized carbons (Fsp3) is 0.423. The summed E-state index contributed by atoms with van der Waals surface area (Å²) >= 11 is 0. The largest absolute Gasteiger partial charge is 0.493 e. The van der Waals surface area contributed by atoms with Crippen molar-refractivity contribution in [3.05, 3.63) is 59.2 Å².